The van der Waals surface area contributed by atoms with Crippen molar-refractivity contribution in [2.75, 3.05) is 9.80 Å². The largest absolute Gasteiger partial charge is 0.484 e. The first kappa shape index (κ1) is 28.1. The highest BCUT2D eigenvalue weighted by Gasteiger charge is 2.35. The van der Waals surface area contributed by atoms with Crippen LogP contribution >= 0.6 is 0 Å². The van der Waals surface area contributed by atoms with Gasteiger partial charge in [-0.25, -0.2) is 9.67 Å². The van der Waals surface area contributed by atoms with Crippen LogP contribution in [0.3, 0.4) is 0 Å². The lowest BCUT2D eigenvalue weighted by atomic mass is 9.99. The van der Waals surface area contributed by atoms with Crippen molar-refractivity contribution in [3.63, 3.8) is 0 Å². The Morgan fingerprint density at radius 3 is 1.85 bits per heavy atom. The molecule has 0 amide bonds. The summed E-state index contributed by atoms with van der Waals surface area (Å²) < 4.78 is 8.54. The Kier molecular flexibility index (Phi) is 6.97. The Hall–Kier alpha value is -6.14. The van der Waals surface area contributed by atoms with Gasteiger partial charge in [-0.1, -0.05) is 91.0 Å². The molecule has 1 aromatic heterocycles. The second-order valence-electron chi connectivity index (χ2n) is 12.2. The number of para-hydroxylation sites is 4. The maximum Gasteiger partial charge on any atom is 0.181 e. The lowest BCUT2D eigenvalue weighted by molar-refractivity contribution is 0.270. The highest BCUT2D eigenvalue weighted by atomic mass is 16.5. The van der Waals surface area contributed by atoms with Gasteiger partial charge in [-0.3, -0.25) is 0 Å². The molecule has 0 radical (unpaired) electrons. The summed E-state index contributed by atoms with van der Waals surface area (Å²) in [5.41, 5.74) is 8.88. The summed E-state index contributed by atoms with van der Waals surface area (Å²) in [5, 5.41) is 4.95. The third kappa shape index (κ3) is 5.08. The molecule has 1 aliphatic carbocycles. The SMILES string of the molecule is C1=CC(N(c2ccccc2)c2ccccc2)CC=C1c1nc2n(n1)C=C1c3ccc(N(c4ccccc4)c4ccccc4)cc3OC1C2. The van der Waals surface area contributed by atoms with Crippen molar-refractivity contribution < 1.29 is 4.74 Å². The number of hydrogen-bond acceptors (Lipinski definition) is 5. The van der Waals surface area contributed by atoms with Crippen LogP contribution in [0.5, 0.6) is 5.75 Å². The second-order valence-corrected chi connectivity index (χ2v) is 12.2. The molecule has 0 spiro atoms. The van der Waals surface area contributed by atoms with Gasteiger partial charge in [0.05, 0.1) is 6.04 Å². The lowest BCUT2D eigenvalue weighted by Gasteiger charge is -2.33. The van der Waals surface area contributed by atoms with Gasteiger partial charge in [0.25, 0.3) is 0 Å². The molecule has 2 unspecified atom stereocenters. The zero-order valence-electron chi connectivity index (χ0n) is 26.3. The summed E-state index contributed by atoms with van der Waals surface area (Å²) >= 11 is 0. The van der Waals surface area contributed by atoms with Crippen LogP contribution in [0.1, 0.15) is 23.6 Å². The lowest BCUT2D eigenvalue weighted by Crippen LogP contribution is -2.30. The Morgan fingerprint density at radius 2 is 1.27 bits per heavy atom. The molecule has 0 saturated carbocycles. The number of fused-ring (bicyclic) bond motifs is 4. The number of nitrogens with zero attached hydrogens (tertiary/aromatic N) is 5. The molecule has 5 aromatic carbocycles. The Balaban J connectivity index is 0.977. The van der Waals surface area contributed by atoms with Gasteiger partial charge in [-0.15, -0.1) is 5.10 Å². The van der Waals surface area contributed by atoms with Crippen LogP contribution in [-0.2, 0) is 6.42 Å². The second kappa shape index (κ2) is 11.9. The predicted octanol–water partition coefficient (Wildman–Crippen LogP) is 9.61. The first-order chi connectivity index (χ1) is 23.8. The number of aromatic nitrogens is 3. The summed E-state index contributed by atoms with van der Waals surface area (Å²) in [5.74, 6) is 2.55. The number of benzene rings is 5. The fourth-order valence-electron chi connectivity index (χ4n) is 6.98. The molecular formula is C42H33N5O. The molecule has 232 valence electrons. The van der Waals surface area contributed by atoms with E-state index in [2.05, 4.69) is 162 Å². The molecule has 0 saturated heterocycles. The van der Waals surface area contributed by atoms with Gasteiger partial charge < -0.3 is 14.5 Å². The molecule has 2 atom stereocenters. The smallest absolute Gasteiger partial charge is 0.181 e. The fraction of sp³-hybridized carbons (Fsp3) is 0.0952. The van der Waals surface area contributed by atoms with Crippen molar-refractivity contribution in [3.05, 3.63) is 175 Å². The van der Waals surface area contributed by atoms with Crippen molar-refractivity contribution in [1.29, 1.82) is 0 Å². The van der Waals surface area contributed by atoms with Crippen molar-refractivity contribution in [2.45, 2.75) is 25.0 Å². The van der Waals surface area contributed by atoms with Crippen LogP contribution in [0.4, 0.5) is 28.4 Å². The summed E-state index contributed by atoms with van der Waals surface area (Å²) in [7, 11) is 0. The van der Waals surface area contributed by atoms with E-state index < -0.39 is 0 Å². The van der Waals surface area contributed by atoms with Gasteiger partial charge >= 0.3 is 0 Å². The van der Waals surface area contributed by atoms with E-state index in [0.717, 1.165) is 57.6 Å². The maximum atomic E-state index is 6.60. The molecule has 6 aromatic rings. The average Bonchev–Trinajstić information content (AvgIpc) is 3.73. The van der Waals surface area contributed by atoms with E-state index in [4.69, 9.17) is 14.8 Å². The monoisotopic (exact) mass is 623 g/mol. The summed E-state index contributed by atoms with van der Waals surface area (Å²) in [6, 6.07) is 48.7. The minimum Gasteiger partial charge on any atom is -0.484 e. The van der Waals surface area contributed by atoms with Gasteiger partial charge in [0.1, 0.15) is 17.7 Å². The molecule has 9 rings (SSSR count). The topological polar surface area (TPSA) is 46.4 Å². The quantitative estimate of drug-likeness (QED) is 0.177. The predicted molar refractivity (Wildman–Crippen MR) is 194 cm³/mol. The van der Waals surface area contributed by atoms with E-state index in [0.29, 0.717) is 6.42 Å². The molecule has 6 heteroatoms. The zero-order valence-corrected chi connectivity index (χ0v) is 26.3. The first-order valence-electron chi connectivity index (χ1n) is 16.4. The number of anilines is 5. The van der Waals surface area contributed by atoms with E-state index in [1.54, 1.807) is 0 Å². The minimum atomic E-state index is -0.0905. The average molecular weight is 624 g/mol. The highest BCUT2D eigenvalue weighted by molar-refractivity contribution is 5.88. The summed E-state index contributed by atoms with van der Waals surface area (Å²) in [6.07, 6.45) is 10.2. The van der Waals surface area contributed by atoms with Crippen molar-refractivity contribution >= 4 is 45.8 Å². The highest BCUT2D eigenvalue weighted by Crippen LogP contribution is 2.45. The number of ether oxygens (including phenoxy) is 1. The van der Waals surface area contributed by atoms with E-state index in [-0.39, 0.29) is 12.1 Å². The molecule has 0 fully saturated rings. The number of rotatable bonds is 7. The van der Waals surface area contributed by atoms with Crippen LogP contribution in [0.25, 0.3) is 17.3 Å². The van der Waals surface area contributed by atoms with Crippen LogP contribution < -0.4 is 14.5 Å². The Labute approximate surface area is 280 Å². The molecule has 0 N–H and O–H groups in total. The normalized spacial score (nSPS) is 17.3. The molecule has 0 bridgehead atoms. The van der Waals surface area contributed by atoms with Crippen LogP contribution in [0.2, 0.25) is 0 Å². The third-order valence-corrected chi connectivity index (χ3v) is 9.25. The fourth-order valence-corrected chi connectivity index (χ4v) is 6.98. The summed E-state index contributed by atoms with van der Waals surface area (Å²) in [6.45, 7) is 0. The van der Waals surface area contributed by atoms with Gasteiger partial charge in [0.15, 0.2) is 5.82 Å². The number of allylic oxidation sites excluding steroid dienone is 2. The van der Waals surface area contributed by atoms with Crippen molar-refractivity contribution in [1.82, 2.24) is 14.8 Å². The third-order valence-electron chi connectivity index (χ3n) is 9.25. The minimum absolute atomic E-state index is 0.0905. The van der Waals surface area contributed by atoms with Crippen LogP contribution in [0, 0.1) is 0 Å². The molecule has 2 aliphatic heterocycles. The van der Waals surface area contributed by atoms with Crippen LogP contribution in [-0.4, -0.2) is 26.9 Å². The molecule has 6 nitrogen and oxygen atoms in total. The molecular weight excluding hydrogens is 590 g/mol. The van der Waals surface area contributed by atoms with Gasteiger partial charge in [-0.05, 0) is 67.1 Å². The van der Waals surface area contributed by atoms with Crippen molar-refractivity contribution in [2.24, 2.45) is 0 Å². The van der Waals surface area contributed by atoms with E-state index >= 15 is 0 Å². The first-order valence-corrected chi connectivity index (χ1v) is 16.4. The van der Waals surface area contributed by atoms with Gasteiger partial charge in [-0.2, -0.15) is 0 Å². The standard InChI is InChI=1S/C42H33N5O/c1-5-13-31(14-6-1)46(32-15-7-2-8-16-32)35-23-21-30(22-24-35)42-43-41-28-40-38(29-45(41)44-42)37-26-25-36(27-39(37)48-40)47(33-17-9-3-10-18-33)34-19-11-4-12-20-34/h1-23,25-27,29,35,40H,24,28H2. The Morgan fingerprint density at radius 1 is 0.667 bits per heavy atom. The van der Waals surface area contributed by atoms with Crippen molar-refractivity contribution in [3.8, 4) is 5.75 Å². The van der Waals surface area contributed by atoms with E-state index in [1.807, 2.05) is 16.8 Å². The number of hydrogen-bond donors (Lipinski definition) is 0. The Bertz CT molecular complexity index is 2090. The van der Waals surface area contributed by atoms with E-state index in [1.165, 1.54) is 11.4 Å². The molecule has 3 heterocycles. The molecule has 3 aliphatic rings. The zero-order chi connectivity index (χ0) is 31.9. The van der Waals surface area contributed by atoms with E-state index in [9.17, 15) is 0 Å². The maximum absolute atomic E-state index is 6.60. The molecule has 48 heavy (non-hydrogen) atoms. The van der Waals surface area contributed by atoms with Gasteiger partial charge in [0, 0.05) is 63.8 Å². The van der Waals surface area contributed by atoms with Gasteiger partial charge in [0.2, 0.25) is 0 Å². The summed E-state index contributed by atoms with van der Waals surface area (Å²) in [4.78, 5) is 9.64. The van der Waals surface area contributed by atoms with Crippen LogP contribution in [0.15, 0.2) is 158 Å².